The summed E-state index contributed by atoms with van der Waals surface area (Å²) in [5, 5.41) is 0.768. The lowest BCUT2D eigenvalue weighted by Crippen LogP contribution is -2.32. The maximum atomic E-state index is 12.6. The third-order valence-electron chi connectivity index (χ3n) is 5.15. The van der Waals surface area contributed by atoms with Crippen LogP contribution in [0.3, 0.4) is 0 Å². The zero-order chi connectivity index (χ0) is 17.8. The van der Waals surface area contributed by atoms with Crippen molar-refractivity contribution in [3.8, 4) is 0 Å². The van der Waals surface area contributed by atoms with Gasteiger partial charge in [-0.2, -0.15) is 0 Å². The van der Waals surface area contributed by atoms with Gasteiger partial charge in [-0.15, -0.1) is 0 Å². The van der Waals surface area contributed by atoms with Gasteiger partial charge in [0.15, 0.2) is 0 Å². The second kappa shape index (κ2) is 8.03. The van der Waals surface area contributed by atoms with Crippen molar-refractivity contribution in [1.82, 2.24) is 9.80 Å². The van der Waals surface area contributed by atoms with E-state index in [0.717, 1.165) is 36.6 Å². The largest absolute Gasteiger partial charge is 0.338 e. The third-order valence-corrected chi connectivity index (χ3v) is 5.41. The van der Waals surface area contributed by atoms with Crippen molar-refractivity contribution in [2.24, 2.45) is 5.92 Å². The number of halogens is 1. The Morgan fingerprint density at radius 1 is 1.20 bits per heavy atom. The fraction of sp³-hybridized carbons (Fsp3) is 0.381. The lowest BCUT2D eigenvalue weighted by molar-refractivity contribution is 0.0783. The highest BCUT2D eigenvalue weighted by atomic mass is 35.5. The molecule has 0 bridgehead atoms. The van der Waals surface area contributed by atoms with Gasteiger partial charge in [-0.1, -0.05) is 41.9 Å². The molecule has 1 fully saturated rings. The smallest absolute Gasteiger partial charge is 0.253 e. The van der Waals surface area contributed by atoms with Crippen molar-refractivity contribution in [2.45, 2.75) is 19.4 Å². The van der Waals surface area contributed by atoms with E-state index >= 15 is 0 Å². The van der Waals surface area contributed by atoms with Gasteiger partial charge in [-0.3, -0.25) is 9.69 Å². The van der Waals surface area contributed by atoms with Gasteiger partial charge in [-0.05, 0) is 56.1 Å². The van der Waals surface area contributed by atoms with E-state index in [1.54, 1.807) is 0 Å². The molecule has 132 valence electrons. The minimum atomic E-state index is 0.150. The van der Waals surface area contributed by atoms with Crippen LogP contribution in [0.4, 0.5) is 0 Å². The van der Waals surface area contributed by atoms with Gasteiger partial charge in [0.1, 0.15) is 0 Å². The van der Waals surface area contributed by atoms with E-state index in [0.29, 0.717) is 12.0 Å². The molecule has 1 aliphatic heterocycles. The highest BCUT2D eigenvalue weighted by molar-refractivity contribution is 6.30. The minimum Gasteiger partial charge on any atom is -0.338 e. The van der Waals surface area contributed by atoms with Crippen LogP contribution < -0.4 is 0 Å². The second-order valence-electron chi connectivity index (χ2n) is 6.94. The molecule has 0 unspecified atom stereocenters. The molecule has 2 aromatic carbocycles. The summed E-state index contributed by atoms with van der Waals surface area (Å²) in [6.45, 7) is 4.89. The highest BCUT2D eigenvalue weighted by Gasteiger charge is 2.28. The van der Waals surface area contributed by atoms with Crippen LogP contribution in [0.2, 0.25) is 5.02 Å². The van der Waals surface area contributed by atoms with Gasteiger partial charge in [0.2, 0.25) is 0 Å². The van der Waals surface area contributed by atoms with Crippen LogP contribution in [-0.4, -0.2) is 42.4 Å². The Hall–Kier alpha value is -1.84. The first kappa shape index (κ1) is 18.0. The normalized spacial score (nSPS) is 18.6. The van der Waals surface area contributed by atoms with Gasteiger partial charge in [0.25, 0.3) is 5.91 Å². The standard InChI is InChI=1S/C21H25ClN2O/c1-16(18-8-10-20(22)11-9-18)23(2)14-17-12-13-24(15-17)21(25)19-6-4-3-5-7-19/h3-11,16-17H,12-15H2,1-2H3/t16-,17+/m0/s1. The number of hydrogen-bond acceptors (Lipinski definition) is 2. The molecule has 0 N–H and O–H groups in total. The molecule has 1 aliphatic rings. The van der Waals surface area contributed by atoms with Gasteiger partial charge in [-0.25, -0.2) is 0 Å². The second-order valence-corrected chi connectivity index (χ2v) is 7.38. The molecular weight excluding hydrogens is 332 g/mol. The van der Waals surface area contributed by atoms with Crippen LogP contribution in [0.25, 0.3) is 0 Å². The number of benzene rings is 2. The molecule has 3 nitrogen and oxygen atoms in total. The fourth-order valence-electron chi connectivity index (χ4n) is 3.49. The number of likely N-dealkylation sites (tertiary alicyclic amines) is 1. The van der Waals surface area contributed by atoms with Gasteiger partial charge < -0.3 is 4.90 Å². The first-order valence-electron chi connectivity index (χ1n) is 8.84. The van der Waals surface area contributed by atoms with E-state index in [-0.39, 0.29) is 5.91 Å². The first-order valence-corrected chi connectivity index (χ1v) is 9.22. The van der Waals surface area contributed by atoms with Crippen molar-refractivity contribution in [1.29, 1.82) is 0 Å². The lowest BCUT2D eigenvalue weighted by Gasteiger charge is -2.28. The van der Waals surface area contributed by atoms with E-state index in [2.05, 4.69) is 31.0 Å². The molecule has 1 amide bonds. The summed E-state index contributed by atoms with van der Waals surface area (Å²) in [5.41, 5.74) is 2.05. The maximum Gasteiger partial charge on any atom is 0.253 e. The van der Waals surface area contributed by atoms with Crippen LogP contribution in [0.1, 0.15) is 35.3 Å². The quantitative estimate of drug-likeness (QED) is 0.787. The molecule has 0 saturated carbocycles. The number of nitrogens with zero attached hydrogens (tertiary/aromatic N) is 2. The molecule has 2 aromatic rings. The average Bonchev–Trinajstić information content (AvgIpc) is 3.10. The topological polar surface area (TPSA) is 23.6 Å². The molecule has 1 saturated heterocycles. The molecule has 25 heavy (non-hydrogen) atoms. The van der Waals surface area contributed by atoms with Crippen molar-refractivity contribution < 1.29 is 4.79 Å². The van der Waals surface area contributed by atoms with Crippen LogP contribution in [0.5, 0.6) is 0 Å². The van der Waals surface area contributed by atoms with Crippen LogP contribution in [0, 0.1) is 5.92 Å². The van der Waals surface area contributed by atoms with Gasteiger partial charge >= 0.3 is 0 Å². The Balaban J connectivity index is 1.55. The zero-order valence-electron chi connectivity index (χ0n) is 14.9. The molecule has 0 radical (unpaired) electrons. The summed E-state index contributed by atoms with van der Waals surface area (Å²) >= 11 is 5.98. The van der Waals surface area contributed by atoms with Crippen molar-refractivity contribution >= 4 is 17.5 Å². The molecule has 0 spiro atoms. The molecule has 0 aromatic heterocycles. The van der Waals surface area contributed by atoms with Gasteiger partial charge in [0, 0.05) is 36.3 Å². The SMILES string of the molecule is C[C@@H](c1ccc(Cl)cc1)N(C)C[C@H]1CCN(C(=O)c2ccccc2)C1. The van der Waals surface area contributed by atoms with Crippen molar-refractivity contribution in [3.05, 3.63) is 70.7 Å². The predicted octanol–water partition coefficient (Wildman–Crippen LogP) is 4.50. The summed E-state index contributed by atoms with van der Waals surface area (Å²) in [5.74, 6) is 0.670. The summed E-state index contributed by atoms with van der Waals surface area (Å²) in [4.78, 5) is 16.9. The summed E-state index contributed by atoms with van der Waals surface area (Å²) in [6.07, 6.45) is 1.07. The van der Waals surface area contributed by atoms with E-state index in [4.69, 9.17) is 11.6 Å². The van der Waals surface area contributed by atoms with Crippen molar-refractivity contribution in [3.63, 3.8) is 0 Å². The fourth-order valence-corrected chi connectivity index (χ4v) is 3.62. The lowest BCUT2D eigenvalue weighted by atomic mass is 10.0. The Kier molecular flexibility index (Phi) is 5.77. The summed E-state index contributed by atoms with van der Waals surface area (Å²) in [6, 6.07) is 18.0. The van der Waals surface area contributed by atoms with E-state index in [1.807, 2.05) is 47.4 Å². The van der Waals surface area contributed by atoms with Crippen LogP contribution in [-0.2, 0) is 0 Å². The third kappa shape index (κ3) is 4.42. The molecule has 2 atom stereocenters. The molecule has 4 heteroatoms. The molecular formula is C21H25ClN2O. The highest BCUT2D eigenvalue weighted by Crippen LogP contribution is 2.25. The summed E-state index contributed by atoms with van der Waals surface area (Å²) in [7, 11) is 2.15. The van der Waals surface area contributed by atoms with Crippen LogP contribution in [0.15, 0.2) is 54.6 Å². The number of rotatable bonds is 5. The Labute approximate surface area is 155 Å². The molecule has 1 heterocycles. The Morgan fingerprint density at radius 3 is 2.56 bits per heavy atom. The van der Waals surface area contributed by atoms with Crippen LogP contribution >= 0.6 is 11.6 Å². The Morgan fingerprint density at radius 2 is 1.88 bits per heavy atom. The number of carbonyl (C=O) groups is 1. The number of carbonyl (C=O) groups excluding carboxylic acids is 1. The predicted molar refractivity (Wildman–Crippen MR) is 103 cm³/mol. The summed E-state index contributed by atoms with van der Waals surface area (Å²) < 4.78 is 0. The maximum absolute atomic E-state index is 12.6. The van der Waals surface area contributed by atoms with Crippen molar-refractivity contribution in [2.75, 3.05) is 26.7 Å². The van der Waals surface area contributed by atoms with E-state index in [1.165, 1.54) is 5.56 Å². The molecule has 0 aliphatic carbocycles. The van der Waals surface area contributed by atoms with E-state index < -0.39 is 0 Å². The average molecular weight is 357 g/mol. The minimum absolute atomic E-state index is 0.150. The number of amides is 1. The van der Waals surface area contributed by atoms with E-state index in [9.17, 15) is 4.79 Å². The van der Waals surface area contributed by atoms with Gasteiger partial charge in [0.05, 0.1) is 0 Å². The monoisotopic (exact) mass is 356 g/mol. The number of hydrogen-bond donors (Lipinski definition) is 0. The molecule has 3 rings (SSSR count). The Bertz CT molecular complexity index is 702. The first-order chi connectivity index (χ1) is 12.0. The zero-order valence-corrected chi connectivity index (χ0v) is 15.6.